The van der Waals surface area contributed by atoms with Gasteiger partial charge >= 0.3 is 6.18 Å². The molecule has 6 heteroatoms. The van der Waals surface area contributed by atoms with Crippen molar-refractivity contribution in [1.82, 2.24) is 4.98 Å². The number of aliphatic hydroxyl groups excluding tert-OH is 1. The van der Waals surface area contributed by atoms with Crippen molar-refractivity contribution in [3.05, 3.63) is 53.2 Å². The quantitative estimate of drug-likeness (QED) is 0.919. The van der Waals surface area contributed by atoms with E-state index in [4.69, 9.17) is 9.52 Å². The van der Waals surface area contributed by atoms with E-state index in [2.05, 4.69) is 4.98 Å². The predicted octanol–water partition coefficient (Wildman–Crippen LogP) is 2.78. The van der Waals surface area contributed by atoms with Crippen molar-refractivity contribution in [2.45, 2.75) is 19.2 Å². The van der Waals surface area contributed by atoms with Crippen molar-refractivity contribution in [3.63, 3.8) is 0 Å². The summed E-state index contributed by atoms with van der Waals surface area (Å²) in [6, 6.07) is 5.26. The molecule has 0 atom stereocenters. The minimum atomic E-state index is -4.40. The highest BCUT2D eigenvalue weighted by Crippen LogP contribution is 2.32. The Balaban J connectivity index is 2.29. The van der Waals surface area contributed by atoms with Gasteiger partial charge in [0.2, 0.25) is 0 Å². The number of hydrogen-bond donors (Lipinski definition) is 1. The van der Waals surface area contributed by atoms with Crippen LogP contribution in [0.25, 0.3) is 0 Å². The fraction of sp³-hybridized carbons (Fsp3) is 0.250. The molecule has 0 unspecified atom stereocenters. The van der Waals surface area contributed by atoms with E-state index in [0.717, 1.165) is 6.07 Å². The lowest BCUT2D eigenvalue weighted by atomic mass is 10.0. The molecule has 3 nitrogen and oxygen atoms in total. The van der Waals surface area contributed by atoms with Crippen molar-refractivity contribution in [2.75, 3.05) is 0 Å². The smallest absolute Gasteiger partial charge is 0.416 e. The highest BCUT2D eigenvalue weighted by Gasteiger charge is 2.33. The maximum Gasteiger partial charge on any atom is 0.416 e. The van der Waals surface area contributed by atoms with E-state index in [0.29, 0.717) is 0 Å². The van der Waals surface area contributed by atoms with E-state index < -0.39 is 11.7 Å². The second-order valence-corrected chi connectivity index (χ2v) is 3.71. The molecule has 0 spiro atoms. The molecule has 0 aliphatic carbocycles. The number of hydrogen-bond acceptors (Lipinski definition) is 3. The van der Waals surface area contributed by atoms with Crippen LogP contribution >= 0.6 is 0 Å². The third-order valence-corrected chi connectivity index (χ3v) is 2.42. The lowest BCUT2D eigenvalue weighted by molar-refractivity contribution is -0.138. The van der Waals surface area contributed by atoms with Crippen LogP contribution in [0.15, 0.2) is 34.9 Å². The summed E-state index contributed by atoms with van der Waals surface area (Å²) in [6.45, 7) is -0.325. The molecule has 1 N–H and O–H groups in total. The van der Waals surface area contributed by atoms with Gasteiger partial charge in [0.25, 0.3) is 0 Å². The molecule has 0 aliphatic rings. The van der Waals surface area contributed by atoms with Crippen LogP contribution in [0.3, 0.4) is 0 Å². The topological polar surface area (TPSA) is 46.3 Å². The third kappa shape index (κ3) is 2.70. The largest absolute Gasteiger partial charge is 0.443 e. The fourth-order valence-corrected chi connectivity index (χ4v) is 1.62. The van der Waals surface area contributed by atoms with Crippen molar-refractivity contribution in [2.24, 2.45) is 0 Å². The molecule has 18 heavy (non-hydrogen) atoms. The van der Waals surface area contributed by atoms with Crippen LogP contribution in [-0.4, -0.2) is 10.1 Å². The van der Waals surface area contributed by atoms with Crippen LogP contribution in [0.5, 0.6) is 0 Å². The minimum Gasteiger partial charge on any atom is -0.443 e. The van der Waals surface area contributed by atoms with E-state index in [9.17, 15) is 13.2 Å². The molecule has 0 bridgehead atoms. The summed E-state index contributed by atoms with van der Waals surface area (Å²) in [4.78, 5) is 3.81. The van der Waals surface area contributed by atoms with E-state index >= 15 is 0 Å². The number of aromatic nitrogens is 1. The normalized spacial score (nSPS) is 11.8. The molecule has 96 valence electrons. The van der Waals surface area contributed by atoms with E-state index in [-0.39, 0.29) is 30.2 Å². The zero-order chi connectivity index (χ0) is 13.2. The number of benzene rings is 1. The second kappa shape index (κ2) is 4.81. The molecule has 1 heterocycles. The Bertz CT molecular complexity index is 534. The standard InChI is InChI=1S/C12H10F3NO2/c13-12(14,15)10-4-2-1-3-8(10)5-11-16-6-9(7-17)18-11/h1-4,6,17H,5,7H2. The summed E-state index contributed by atoms with van der Waals surface area (Å²) in [7, 11) is 0. The van der Waals surface area contributed by atoms with Gasteiger partial charge in [0.05, 0.1) is 11.8 Å². The summed E-state index contributed by atoms with van der Waals surface area (Å²) in [5.41, 5.74) is -0.606. The summed E-state index contributed by atoms with van der Waals surface area (Å²) in [6.07, 6.45) is -3.16. The molecule has 0 fully saturated rings. The average Bonchev–Trinajstić information content (AvgIpc) is 2.76. The van der Waals surface area contributed by atoms with E-state index in [1.165, 1.54) is 24.4 Å². The Morgan fingerprint density at radius 2 is 1.94 bits per heavy atom. The SMILES string of the molecule is OCc1cnc(Cc2ccccc2C(F)(F)F)o1. The first-order valence-corrected chi connectivity index (χ1v) is 5.20. The summed E-state index contributed by atoms with van der Waals surface area (Å²) >= 11 is 0. The molecule has 1 aromatic heterocycles. The van der Waals surface area contributed by atoms with Gasteiger partial charge in [-0.05, 0) is 11.6 Å². The maximum atomic E-state index is 12.7. The van der Waals surface area contributed by atoms with Crippen LogP contribution in [0, 0.1) is 0 Å². The highest BCUT2D eigenvalue weighted by molar-refractivity contribution is 5.31. The van der Waals surface area contributed by atoms with E-state index in [1.807, 2.05) is 0 Å². The third-order valence-electron chi connectivity index (χ3n) is 2.42. The van der Waals surface area contributed by atoms with Gasteiger partial charge in [-0.25, -0.2) is 4.98 Å². The van der Waals surface area contributed by atoms with Crippen molar-refractivity contribution in [3.8, 4) is 0 Å². The number of oxazole rings is 1. The Labute approximate surface area is 101 Å². The molecule has 0 radical (unpaired) electrons. The highest BCUT2D eigenvalue weighted by atomic mass is 19.4. The van der Waals surface area contributed by atoms with Gasteiger partial charge < -0.3 is 9.52 Å². The molecule has 0 saturated heterocycles. The zero-order valence-electron chi connectivity index (χ0n) is 9.24. The Morgan fingerprint density at radius 1 is 1.22 bits per heavy atom. The minimum absolute atomic E-state index is 0.0598. The Hall–Kier alpha value is -1.82. The molecule has 0 amide bonds. The average molecular weight is 257 g/mol. The molecule has 0 aliphatic heterocycles. The van der Waals surface area contributed by atoms with Gasteiger partial charge in [0.1, 0.15) is 12.4 Å². The summed E-state index contributed by atoms with van der Waals surface area (Å²) < 4.78 is 43.3. The Morgan fingerprint density at radius 3 is 2.56 bits per heavy atom. The molecular weight excluding hydrogens is 247 g/mol. The predicted molar refractivity (Wildman–Crippen MR) is 56.7 cm³/mol. The van der Waals surface area contributed by atoms with Gasteiger partial charge in [-0.2, -0.15) is 13.2 Å². The number of rotatable bonds is 3. The Kier molecular flexibility index (Phi) is 3.38. The van der Waals surface area contributed by atoms with Crippen molar-refractivity contribution < 1.29 is 22.7 Å². The van der Waals surface area contributed by atoms with Gasteiger partial charge in [-0.15, -0.1) is 0 Å². The summed E-state index contributed by atoms with van der Waals surface area (Å²) in [5, 5.41) is 8.79. The number of alkyl halides is 3. The van der Waals surface area contributed by atoms with Crippen LogP contribution in [-0.2, 0) is 19.2 Å². The van der Waals surface area contributed by atoms with Gasteiger partial charge in [-0.3, -0.25) is 0 Å². The van der Waals surface area contributed by atoms with Crippen LogP contribution in [0.2, 0.25) is 0 Å². The molecule has 0 saturated carbocycles. The monoisotopic (exact) mass is 257 g/mol. The molecule has 1 aromatic carbocycles. The van der Waals surface area contributed by atoms with Crippen molar-refractivity contribution in [1.29, 1.82) is 0 Å². The van der Waals surface area contributed by atoms with E-state index in [1.54, 1.807) is 0 Å². The number of halogens is 3. The molecule has 2 aromatic rings. The zero-order valence-corrected chi connectivity index (χ0v) is 9.24. The lowest BCUT2D eigenvalue weighted by Crippen LogP contribution is -2.09. The number of aliphatic hydroxyl groups is 1. The molecule has 2 rings (SSSR count). The maximum absolute atomic E-state index is 12.7. The number of nitrogens with zero attached hydrogens (tertiary/aromatic N) is 1. The summed E-state index contributed by atoms with van der Waals surface area (Å²) in [5.74, 6) is 0.380. The first-order valence-electron chi connectivity index (χ1n) is 5.20. The van der Waals surface area contributed by atoms with Crippen LogP contribution < -0.4 is 0 Å². The second-order valence-electron chi connectivity index (χ2n) is 3.71. The first-order chi connectivity index (χ1) is 8.50. The van der Waals surface area contributed by atoms with Gasteiger partial charge in [-0.1, -0.05) is 18.2 Å². The fourth-order valence-electron chi connectivity index (χ4n) is 1.62. The van der Waals surface area contributed by atoms with Crippen LogP contribution in [0.1, 0.15) is 22.8 Å². The van der Waals surface area contributed by atoms with Crippen LogP contribution in [0.4, 0.5) is 13.2 Å². The van der Waals surface area contributed by atoms with Gasteiger partial charge in [0, 0.05) is 6.42 Å². The lowest BCUT2D eigenvalue weighted by Gasteiger charge is -2.11. The van der Waals surface area contributed by atoms with Gasteiger partial charge in [0.15, 0.2) is 5.89 Å². The molecular formula is C12H10F3NO2. The van der Waals surface area contributed by atoms with Crippen molar-refractivity contribution >= 4 is 0 Å². The first kappa shape index (κ1) is 12.6.